The molecule has 0 spiro atoms. The molecular weight excluding hydrogens is 176 g/mol. The lowest BCUT2D eigenvalue weighted by Crippen LogP contribution is -2.01. The lowest BCUT2D eigenvalue weighted by Gasteiger charge is -2.05. The molecule has 0 aliphatic carbocycles. The van der Waals surface area contributed by atoms with E-state index in [1.807, 2.05) is 0 Å². The van der Waals surface area contributed by atoms with Gasteiger partial charge in [-0.25, -0.2) is 0 Å². The van der Waals surface area contributed by atoms with Crippen LogP contribution >= 0.6 is 0 Å². The second-order valence-electron chi connectivity index (χ2n) is 3.89. The van der Waals surface area contributed by atoms with Crippen LogP contribution in [-0.4, -0.2) is 19.3 Å². The third kappa shape index (κ3) is 2.56. The van der Waals surface area contributed by atoms with Gasteiger partial charge < -0.3 is 9.47 Å². The Morgan fingerprint density at radius 1 is 1.36 bits per heavy atom. The van der Waals surface area contributed by atoms with E-state index in [4.69, 9.17) is 9.47 Å². The monoisotopic (exact) mass is 192 g/mol. The second-order valence-corrected chi connectivity index (χ2v) is 3.89. The molecule has 1 heterocycles. The van der Waals surface area contributed by atoms with Gasteiger partial charge in [-0.3, -0.25) is 0 Å². The van der Waals surface area contributed by atoms with Gasteiger partial charge in [-0.05, 0) is 30.5 Å². The van der Waals surface area contributed by atoms with Gasteiger partial charge >= 0.3 is 0 Å². The average molecular weight is 192 g/mol. The zero-order chi connectivity index (χ0) is 9.97. The highest BCUT2D eigenvalue weighted by atomic mass is 16.6. The first-order chi connectivity index (χ1) is 6.75. The molecule has 0 saturated carbocycles. The Hall–Kier alpha value is -0.860. The molecule has 2 rings (SSSR count). The van der Waals surface area contributed by atoms with Gasteiger partial charge in [0.15, 0.2) is 0 Å². The molecule has 0 N–H and O–H groups in total. The number of epoxide rings is 1. The normalized spacial score (nSPS) is 19.7. The maximum Gasteiger partial charge on any atom is 0.104 e. The number of aryl methyl sites for hydroxylation is 2. The van der Waals surface area contributed by atoms with Crippen LogP contribution in [0.5, 0.6) is 0 Å². The van der Waals surface area contributed by atoms with Gasteiger partial charge in [0.05, 0.1) is 19.8 Å². The summed E-state index contributed by atoms with van der Waals surface area (Å²) in [6.07, 6.45) is 0.363. The lowest BCUT2D eigenvalue weighted by molar-refractivity contribution is 0.104. The molecule has 1 aromatic rings. The van der Waals surface area contributed by atoms with Crippen LogP contribution < -0.4 is 0 Å². The summed E-state index contributed by atoms with van der Waals surface area (Å²) in [5, 5.41) is 0. The lowest BCUT2D eigenvalue weighted by atomic mass is 10.1. The van der Waals surface area contributed by atoms with Crippen LogP contribution in [0.25, 0.3) is 0 Å². The standard InChI is InChI=1S/C12H16O2/c1-9-3-4-11(5-10(9)2)6-13-7-12-8-14-12/h3-5,12H,6-8H2,1-2H3/t12-/m1/s1. The minimum absolute atomic E-state index is 0.363. The number of rotatable bonds is 4. The third-order valence-electron chi connectivity index (χ3n) is 2.55. The maximum atomic E-state index is 5.51. The summed E-state index contributed by atoms with van der Waals surface area (Å²) in [6, 6.07) is 6.45. The maximum absolute atomic E-state index is 5.51. The fourth-order valence-electron chi connectivity index (χ4n) is 1.37. The summed E-state index contributed by atoms with van der Waals surface area (Å²) in [7, 11) is 0. The quantitative estimate of drug-likeness (QED) is 0.682. The predicted molar refractivity (Wildman–Crippen MR) is 55.3 cm³/mol. The van der Waals surface area contributed by atoms with Crippen LogP contribution in [0, 0.1) is 13.8 Å². The number of benzene rings is 1. The topological polar surface area (TPSA) is 21.8 Å². The van der Waals surface area contributed by atoms with Crippen LogP contribution in [0.15, 0.2) is 18.2 Å². The van der Waals surface area contributed by atoms with Gasteiger partial charge in [-0.2, -0.15) is 0 Å². The fourth-order valence-corrected chi connectivity index (χ4v) is 1.37. The van der Waals surface area contributed by atoms with E-state index in [1.54, 1.807) is 0 Å². The molecule has 1 saturated heterocycles. The molecule has 0 aromatic heterocycles. The van der Waals surface area contributed by atoms with Crippen molar-refractivity contribution in [2.45, 2.75) is 26.6 Å². The smallest absolute Gasteiger partial charge is 0.104 e. The van der Waals surface area contributed by atoms with Crippen molar-refractivity contribution in [3.05, 3.63) is 34.9 Å². The number of ether oxygens (including phenoxy) is 2. The average Bonchev–Trinajstić information content (AvgIpc) is 2.95. The molecule has 1 aromatic carbocycles. The molecule has 1 fully saturated rings. The summed E-state index contributed by atoms with van der Waals surface area (Å²) < 4.78 is 10.6. The zero-order valence-corrected chi connectivity index (χ0v) is 8.75. The van der Waals surface area contributed by atoms with E-state index in [2.05, 4.69) is 32.0 Å². The predicted octanol–water partition coefficient (Wildman–Crippen LogP) is 2.22. The van der Waals surface area contributed by atoms with Crippen molar-refractivity contribution in [1.82, 2.24) is 0 Å². The van der Waals surface area contributed by atoms with Gasteiger partial charge in [-0.15, -0.1) is 0 Å². The van der Waals surface area contributed by atoms with Crippen molar-refractivity contribution in [3.63, 3.8) is 0 Å². The van der Waals surface area contributed by atoms with Crippen molar-refractivity contribution >= 4 is 0 Å². The Morgan fingerprint density at radius 2 is 2.14 bits per heavy atom. The Morgan fingerprint density at radius 3 is 2.79 bits per heavy atom. The van der Waals surface area contributed by atoms with Gasteiger partial charge in [0.1, 0.15) is 6.10 Å². The van der Waals surface area contributed by atoms with E-state index >= 15 is 0 Å². The molecule has 1 aliphatic rings. The van der Waals surface area contributed by atoms with E-state index in [1.165, 1.54) is 16.7 Å². The minimum Gasteiger partial charge on any atom is -0.374 e. The SMILES string of the molecule is Cc1ccc(COC[C@@H]2CO2)cc1C. The highest BCUT2D eigenvalue weighted by Gasteiger charge is 2.22. The molecule has 0 amide bonds. The van der Waals surface area contributed by atoms with Gasteiger partial charge in [0, 0.05) is 0 Å². The zero-order valence-electron chi connectivity index (χ0n) is 8.75. The van der Waals surface area contributed by atoms with Crippen molar-refractivity contribution in [3.8, 4) is 0 Å². The number of hydrogen-bond acceptors (Lipinski definition) is 2. The number of hydrogen-bond donors (Lipinski definition) is 0. The molecule has 1 aliphatic heterocycles. The van der Waals surface area contributed by atoms with Crippen molar-refractivity contribution in [1.29, 1.82) is 0 Å². The largest absolute Gasteiger partial charge is 0.374 e. The molecule has 0 unspecified atom stereocenters. The molecule has 1 atom stereocenters. The first-order valence-electron chi connectivity index (χ1n) is 5.01. The minimum atomic E-state index is 0.363. The van der Waals surface area contributed by atoms with Gasteiger partial charge in [-0.1, -0.05) is 18.2 Å². The van der Waals surface area contributed by atoms with Gasteiger partial charge in [0.25, 0.3) is 0 Å². The van der Waals surface area contributed by atoms with Crippen LogP contribution in [0.3, 0.4) is 0 Å². The Kier molecular flexibility index (Phi) is 2.85. The summed E-state index contributed by atoms with van der Waals surface area (Å²) in [5.74, 6) is 0. The molecule has 14 heavy (non-hydrogen) atoms. The van der Waals surface area contributed by atoms with Crippen LogP contribution in [0.4, 0.5) is 0 Å². The van der Waals surface area contributed by atoms with Crippen molar-refractivity contribution < 1.29 is 9.47 Å². The molecule has 2 heteroatoms. The molecule has 0 radical (unpaired) electrons. The molecule has 2 nitrogen and oxygen atoms in total. The Balaban J connectivity index is 1.85. The van der Waals surface area contributed by atoms with Gasteiger partial charge in [0.2, 0.25) is 0 Å². The summed E-state index contributed by atoms with van der Waals surface area (Å²) in [5.41, 5.74) is 3.90. The van der Waals surface area contributed by atoms with E-state index in [0.717, 1.165) is 13.2 Å². The fraction of sp³-hybridized carbons (Fsp3) is 0.500. The molecular formula is C12H16O2. The van der Waals surface area contributed by atoms with Crippen molar-refractivity contribution in [2.24, 2.45) is 0 Å². The van der Waals surface area contributed by atoms with Crippen LogP contribution in [0.2, 0.25) is 0 Å². The highest BCUT2D eigenvalue weighted by molar-refractivity contribution is 5.29. The Bertz CT molecular complexity index is 316. The van der Waals surface area contributed by atoms with E-state index in [0.29, 0.717) is 12.7 Å². The molecule has 76 valence electrons. The Labute approximate surface area is 84.8 Å². The summed E-state index contributed by atoms with van der Waals surface area (Å²) in [6.45, 7) is 6.54. The summed E-state index contributed by atoms with van der Waals surface area (Å²) in [4.78, 5) is 0. The molecule has 0 bridgehead atoms. The van der Waals surface area contributed by atoms with Crippen LogP contribution in [-0.2, 0) is 16.1 Å². The van der Waals surface area contributed by atoms with E-state index in [9.17, 15) is 0 Å². The third-order valence-corrected chi connectivity index (χ3v) is 2.55. The van der Waals surface area contributed by atoms with Crippen molar-refractivity contribution in [2.75, 3.05) is 13.2 Å². The summed E-state index contributed by atoms with van der Waals surface area (Å²) >= 11 is 0. The van der Waals surface area contributed by atoms with Crippen LogP contribution in [0.1, 0.15) is 16.7 Å². The first-order valence-corrected chi connectivity index (χ1v) is 5.01. The first kappa shape index (κ1) is 9.69. The van der Waals surface area contributed by atoms with E-state index < -0.39 is 0 Å². The van der Waals surface area contributed by atoms with E-state index in [-0.39, 0.29) is 0 Å². The highest BCUT2D eigenvalue weighted by Crippen LogP contribution is 2.13. The second kappa shape index (κ2) is 4.11.